The Morgan fingerprint density at radius 1 is 1.04 bits per heavy atom. The van der Waals surface area contributed by atoms with Crippen LogP contribution in [-0.4, -0.2) is 15.9 Å². The monoisotopic (exact) mass is 351 g/mol. The minimum absolute atomic E-state index is 0.0154. The molecule has 1 aromatic heterocycles. The van der Waals surface area contributed by atoms with Gasteiger partial charge in [0.1, 0.15) is 23.9 Å². The maximum absolute atomic E-state index is 13.2. The highest BCUT2D eigenvalue weighted by Gasteiger charge is 2.11. The van der Waals surface area contributed by atoms with Crippen molar-refractivity contribution in [2.45, 2.75) is 0 Å². The number of nitriles is 1. The molecule has 3 rings (SSSR count). The highest BCUT2D eigenvalue weighted by atomic mass is 19.2. The lowest BCUT2D eigenvalue weighted by Crippen LogP contribution is -2.14. The lowest BCUT2D eigenvalue weighted by molar-refractivity contribution is 0.102. The zero-order valence-electron chi connectivity index (χ0n) is 13.2. The quantitative estimate of drug-likeness (QED) is 0.749. The summed E-state index contributed by atoms with van der Waals surface area (Å²) in [6, 6.07) is 13.3. The molecule has 0 saturated carbocycles. The van der Waals surface area contributed by atoms with E-state index in [9.17, 15) is 13.6 Å². The molecule has 0 aliphatic heterocycles. The van der Waals surface area contributed by atoms with E-state index in [4.69, 9.17) is 5.26 Å². The Labute approximate surface area is 147 Å². The minimum atomic E-state index is -1.07. The van der Waals surface area contributed by atoms with E-state index in [1.54, 1.807) is 24.3 Å². The first kappa shape index (κ1) is 17.0. The van der Waals surface area contributed by atoms with E-state index in [2.05, 4.69) is 20.6 Å². The van der Waals surface area contributed by atoms with Gasteiger partial charge in [-0.3, -0.25) is 4.79 Å². The van der Waals surface area contributed by atoms with Crippen molar-refractivity contribution in [2.24, 2.45) is 0 Å². The number of nitrogens with zero attached hydrogens (tertiary/aromatic N) is 3. The Bertz CT molecular complexity index is 1020. The number of halogens is 2. The molecule has 6 nitrogen and oxygen atoms in total. The molecular formula is C18H11F2N5O. The molecule has 0 aliphatic carbocycles. The van der Waals surface area contributed by atoms with Crippen molar-refractivity contribution in [3.05, 3.63) is 77.8 Å². The SMILES string of the molecule is N#Cc1ccccc1Nc1cc(C(=O)Nc2ccc(F)c(F)c2)ncn1. The maximum atomic E-state index is 13.2. The Hall–Kier alpha value is -3.86. The molecule has 1 heterocycles. The molecule has 0 saturated heterocycles. The van der Waals surface area contributed by atoms with E-state index in [0.717, 1.165) is 12.1 Å². The van der Waals surface area contributed by atoms with Crippen molar-refractivity contribution in [1.29, 1.82) is 5.26 Å². The number of rotatable bonds is 4. The van der Waals surface area contributed by atoms with Crippen LogP contribution in [0, 0.1) is 23.0 Å². The zero-order valence-corrected chi connectivity index (χ0v) is 13.2. The molecular weight excluding hydrogens is 340 g/mol. The molecule has 1 amide bonds. The molecule has 8 heteroatoms. The molecule has 128 valence electrons. The van der Waals surface area contributed by atoms with Gasteiger partial charge in [-0.15, -0.1) is 0 Å². The van der Waals surface area contributed by atoms with Crippen molar-refractivity contribution in [3.8, 4) is 6.07 Å². The molecule has 0 atom stereocenters. The van der Waals surface area contributed by atoms with Crippen molar-refractivity contribution >= 4 is 23.1 Å². The van der Waals surface area contributed by atoms with E-state index in [1.807, 2.05) is 6.07 Å². The second-order valence-electron chi connectivity index (χ2n) is 5.15. The van der Waals surface area contributed by atoms with Crippen molar-refractivity contribution in [1.82, 2.24) is 9.97 Å². The third-order valence-corrected chi connectivity index (χ3v) is 3.39. The number of carbonyl (C=O) groups excluding carboxylic acids is 1. The number of benzene rings is 2. The van der Waals surface area contributed by atoms with Crippen LogP contribution in [0.3, 0.4) is 0 Å². The van der Waals surface area contributed by atoms with Gasteiger partial charge >= 0.3 is 0 Å². The van der Waals surface area contributed by atoms with Gasteiger partial charge in [-0.25, -0.2) is 18.7 Å². The lowest BCUT2D eigenvalue weighted by Gasteiger charge is -2.09. The summed E-state index contributed by atoms with van der Waals surface area (Å²) in [6.07, 6.45) is 1.18. The number of hydrogen-bond donors (Lipinski definition) is 2. The summed E-state index contributed by atoms with van der Waals surface area (Å²) < 4.78 is 26.2. The molecule has 0 unspecified atom stereocenters. The van der Waals surface area contributed by atoms with E-state index in [-0.39, 0.29) is 11.4 Å². The number of hydrogen-bond acceptors (Lipinski definition) is 5. The van der Waals surface area contributed by atoms with Crippen LogP contribution in [-0.2, 0) is 0 Å². The largest absolute Gasteiger partial charge is 0.339 e. The van der Waals surface area contributed by atoms with Gasteiger partial charge in [-0.2, -0.15) is 5.26 Å². The van der Waals surface area contributed by atoms with E-state index in [1.165, 1.54) is 18.5 Å². The van der Waals surface area contributed by atoms with Crippen LogP contribution >= 0.6 is 0 Å². The number of anilines is 3. The van der Waals surface area contributed by atoms with Crippen LogP contribution in [0.2, 0.25) is 0 Å². The third kappa shape index (κ3) is 3.79. The van der Waals surface area contributed by atoms with Crippen LogP contribution in [0.15, 0.2) is 54.9 Å². The Balaban J connectivity index is 1.79. The molecule has 2 N–H and O–H groups in total. The van der Waals surface area contributed by atoms with Crippen LogP contribution in [0.1, 0.15) is 16.1 Å². The summed E-state index contributed by atoms with van der Waals surface area (Å²) >= 11 is 0. The fraction of sp³-hybridized carbons (Fsp3) is 0. The second-order valence-corrected chi connectivity index (χ2v) is 5.15. The molecule has 0 fully saturated rings. The second kappa shape index (κ2) is 7.36. The molecule has 2 aromatic carbocycles. The van der Waals surface area contributed by atoms with Crippen LogP contribution in [0.25, 0.3) is 0 Å². The smallest absolute Gasteiger partial charge is 0.274 e. The number of para-hydroxylation sites is 1. The molecule has 0 spiro atoms. The Kier molecular flexibility index (Phi) is 4.80. The number of aromatic nitrogens is 2. The average Bonchev–Trinajstić information content (AvgIpc) is 2.65. The van der Waals surface area contributed by atoms with Gasteiger partial charge in [-0.1, -0.05) is 12.1 Å². The van der Waals surface area contributed by atoms with E-state index < -0.39 is 17.5 Å². The summed E-state index contributed by atoms with van der Waals surface area (Å²) in [7, 11) is 0. The summed E-state index contributed by atoms with van der Waals surface area (Å²) in [4.78, 5) is 20.1. The maximum Gasteiger partial charge on any atom is 0.274 e. The van der Waals surface area contributed by atoms with Gasteiger partial charge in [0.2, 0.25) is 0 Å². The summed E-state index contributed by atoms with van der Waals surface area (Å²) in [5.41, 5.74) is 1.05. The first-order valence-corrected chi connectivity index (χ1v) is 7.41. The van der Waals surface area contributed by atoms with Crippen molar-refractivity contribution < 1.29 is 13.6 Å². The van der Waals surface area contributed by atoms with Gasteiger partial charge in [0.05, 0.1) is 11.3 Å². The molecule has 0 radical (unpaired) electrons. The highest BCUT2D eigenvalue weighted by Crippen LogP contribution is 2.19. The van der Waals surface area contributed by atoms with Crippen molar-refractivity contribution in [2.75, 3.05) is 10.6 Å². The van der Waals surface area contributed by atoms with Gasteiger partial charge in [0.15, 0.2) is 11.6 Å². The summed E-state index contributed by atoms with van der Waals surface area (Å²) in [5.74, 6) is -2.39. The van der Waals surface area contributed by atoms with Gasteiger partial charge in [-0.05, 0) is 24.3 Å². The van der Waals surface area contributed by atoms with Crippen LogP contribution < -0.4 is 10.6 Å². The topological polar surface area (TPSA) is 90.7 Å². The van der Waals surface area contributed by atoms with Crippen LogP contribution in [0.4, 0.5) is 26.0 Å². The average molecular weight is 351 g/mol. The summed E-state index contributed by atoms with van der Waals surface area (Å²) in [6.45, 7) is 0. The Morgan fingerprint density at radius 2 is 1.85 bits per heavy atom. The number of nitrogens with one attached hydrogen (secondary N) is 2. The predicted octanol–water partition coefficient (Wildman–Crippen LogP) is 3.62. The summed E-state index contributed by atoms with van der Waals surface area (Å²) in [5, 5.41) is 14.5. The third-order valence-electron chi connectivity index (χ3n) is 3.39. The number of amides is 1. The molecule has 0 aliphatic rings. The molecule has 26 heavy (non-hydrogen) atoms. The lowest BCUT2D eigenvalue weighted by atomic mass is 10.2. The fourth-order valence-electron chi connectivity index (χ4n) is 2.15. The van der Waals surface area contributed by atoms with Gasteiger partial charge in [0.25, 0.3) is 5.91 Å². The van der Waals surface area contributed by atoms with Gasteiger partial charge < -0.3 is 10.6 Å². The Morgan fingerprint density at radius 3 is 2.62 bits per heavy atom. The first-order valence-electron chi connectivity index (χ1n) is 7.41. The predicted molar refractivity (Wildman–Crippen MR) is 90.8 cm³/mol. The highest BCUT2D eigenvalue weighted by molar-refractivity contribution is 6.03. The van der Waals surface area contributed by atoms with Gasteiger partial charge in [0, 0.05) is 17.8 Å². The first-order chi connectivity index (χ1) is 12.6. The normalized spacial score (nSPS) is 10.0. The van der Waals surface area contributed by atoms with E-state index in [0.29, 0.717) is 17.1 Å². The minimum Gasteiger partial charge on any atom is -0.339 e. The molecule has 3 aromatic rings. The van der Waals surface area contributed by atoms with Crippen molar-refractivity contribution in [3.63, 3.8) is 0 Å². The fourth-order valence-corrected chi connectivity index (χ4v) is 2.15. The van der Waals surface area contributed by atoms with E-state index >= 15 is 0 Å². The number of carbonyl (C=O) groups is 1. The molecule has 0 bridgehead atoms. The van der Waals surface area contributed by atoms with Crippen LogP contribution in [0.5, 0.6) is 0 Å². The zero-order chi connectivity index (χ0) is 18.5. The standard InChI is InChI=1S/C18H11F2N5O/c19-13-6-5-12(7-14(13)20)24-18(26)16-8-17(23-10-22-16)25-15-4-2-1-3-11(15)9-21/h1-8,10H,(H,24,26)(H,22,23,25).